The average Bonchev–Trinajstić information content (AvgIpc) is 2.77. The van der Waals surface area contributed by atoms with E-state index in [1.165, 1.54) is 0 Å². The van der Waals surface area contributed by atoms with Crippen molar-refractivity contribution in [3.05, 3.63) is 0 Å². The molecule has 0 aromatic carbocycles. The fraction of sp³-hybridized carbons (Fsp3) is 1.00. The van der Waals surface area contributed by atoms with Crippen LogP contribution in [0.1, 0.15) is 6.42 Å². The van der Waals surface area contributed by atoms with Crippen molar-refractivity contribution < 1.29 is 54.6 Å². The monoisotopic (exact) mass is 400 g/mol. The normalized spacial score (nSPS) is 59.4. The summed E-state index contributed by atoms with van der Waals surface area (Å²) in [7, 11) is 0. The van der Waals surface area contributed by atoms with Crippen LogP contribution in [0.3, 0.4) is 0 Å². The lowest BCUT2D eigenvalue weighted by atomic mass is 9.86. The van der Waals surface area contributed by atoms with E-state index in [9.17, 15) is 30.6 Å². The van der Waals surface area contributed by atoms with Crippen molar-refractivity contribution in [3.8, 4) is 0 Å². The molecule has 0 radical (unpaired) electrons. The summed E-state index contributed by atoms with van der Waals surface area (Å²) in [5.74, 6) is -3.64. The largest absolute Gasteiger partial charge is 0.394 e. The Morgan fingerprint density at radius 2 is 1.73 bits per heavy atom. The number of hydrogen-bond donors (Lipinski definition) is 6. The molecular weight excluding hydrogens is 380 g/mol. The fourth-order valence-corrected chi connectivity index (χ4v) is 4.45. The minimum absolute atomic E-state index is 0.200. The summed E-state index contributed by atoms with van der Waals surface area (Å²) >= 11 is 6.09. The van der Waals surface area contributed by atoms with Crippen molar-refractivity contribution in [3.63, 3.8) is 0 Å². The number of alkyl halides is 1. The minimum atomic E-state index is -2.10. The molecule has 5 fully saturated rings. The van der Waals surface area contributed by atoms with E-state index in [-0.39, 0.29) is 6.42 Å². The molecular formula is C14H21ClO11. The van der Waals surface area contributed by atoms with Gasteiger partial charge >= 0.3 is 0 Å². The third-order valence-electron chi connectivity index (χ3n) is 5.52. The average molecular weight is 401 g/mol. The number of halogens is 1. The van der Waals surface area contributed by atoms with Crippen LogP contribution in [0, 0.1) is 11.8 Å². The second kappa shape index (κ2) is 6.72. The predicted molar refractivity (Wildman–Crippen MR) is 77.9 cm³/mol. The van der Waals surface area contributed by atoms with Crippen molar-refractivity contribution in [1.29, 1.82) is 0 Å². The predicted octanol–water partition coefficient (Wildman–Crippen LogP) is -3.26. The maximum absolute atomic E-state index is 10.8. The van der Waals surface area contributed by atoms with Crippen LogP contribution in [0.4, 0.5) is 0 Å². The zero-order valence-corrected chi connectivity index (χ0v) is 14.1. The van der Waals surface area contributed by atoms with Crippen LogP contribution in [0.25, 0.3) is 0 Å². The third-order valence-corrected chi connectivity index (χ3v) is 6.09. The molecule has 5 aliphatic rings. The lowest BCUT2D eigenvalue weighted by molar-refractivity contribution is -0.450. The first-order valence-electron chi connectivity index (χ1n) is 8.28. The topological polar surface area (TPSA) is 168 Å². The molecule has 11 nitrogen and oxygen atoms in total. The summed E-state index contributed by atoms with van der Waals surface area (Å²) in [6, 6.07) is 0. The van der Waals surface area contributed by atoms with Gasteiger partial charge in [-0.2, -0.15) is 4.89 Å². The number of aliphatic hydroxyl groups excluding tert-OH is 5. The van der Waals surface area contributed by atoms with Gasteiger partial charge in [0.25, 0.3) is 0 Å². The van der Waals surface area contributed by atoms with E-state index in [1.54, 1.807) is 0 Å². The third kappa shape index (κ3) is 2.70. The molecule has 6 N–H and O–H groups in total. The van der Waals surface area contributed by atoms with E-state index < -0.39 is 79.0 Å². The van der Waals surface area contributed by atoms with Gasteiger partial charge in [0.05, 0.1) is 18.6 Å². The molecule has 0 unspecified atom stereocenters. The van der Waals surface area contributed by atoms with Crippen molar-refractivity contribution in [2.75, 3.05) is 6.61 Å². The Balaban J connectivity index is 1.57. The van der Waals surface area contributed by atoms with E-state index in [4.69, 9.17) is 35.6 Å². The maximum atomic E-state index is 10.8. The Morgan fingerprint density at radius 1 is 1.00 bits per heavy atom. The highest BCUT2D eigenvalue weighted by atomic mass is 35.5. The first kappa shape index (κ1) is 19.2. The van der Waals surface area contributed by atoms with Crippen molar-refractivity contribution in [2.45, 2.75) is 67.0 Å². The zero-order chi connectivity index (χ0) is 18.8. The number of hydrogen-bond acceptors (Lipinski definition) is 11. The molecule has 0 spiro atoms. The first-order chi connectivity index (χ1) is 12.3. The van der Waals surface area contributed by atoms with Crippen LogP contribution < -0.4 is 0 Å². The SMILES string of the molecule is OC[C@H]1O[C@@H](O[C@@H]2O[C@@H]3C[C@H]4[C@H](O)[C@@H](Cl)[C@@](O)(OO3)[C@@H]24)[C@H](O)[C@@H](O)[C@@H]1O. The Kier molecular flexibility index (Phi) is 4.96. The van der Waals surface area contributed by atoms with Crippen molar-refractivity contribution in [2.24, 2.45) is 11.8 Å². The van der Waals surface area contributed by atoms with Crippen molar-refractivity contribution in [1.82, 2.24) is 0 Å². The molecule has 26 heavy (non-hydrogen) atoms. The summed E-state index contributed by atoms with van der Waals surface area (Å²) in [5, 5.41) is 58.9. The lowest BCUT2D eigenvalue weighted by Gasteiger charge is -2.43. The minimum Gasteiger partial charge on any atom is -0.394 e. The highest BCUT2D eigenvalue weighted by molar-refractivity contribution is 6.22. The Hall–Kier alpha value is -0.150. The number of ether oxygens (including phenoxy) is 3. The van der Waals surface area contributed by atoms with Gasteiger partial charge in [-0.1, -0.05) is 0 Å². The molecule has 1 saturated carbocycles. The van der Waals surface area contributed by atoms with E-state index in [0.717, 1.165) is 0 Å². The van der Waals surface area contributed by atoms with Crippen molar-refractivity contribution >= 4 is 11.6 Å². The van der Waals surface area contributed by atoms with E-state index in [0.29, 0.717) is 0 Å². The molecule has 4 heterocycles. The van der Waals surface area contributed by atoms with Gasteiger partial charge in [0, 0.05) is 12.3 Å². The van der Waals surface area contributed by atoms with Crippen LogP contribution in [0.15, 0.2) is 0 Å². The van der Waals surface area contributed by atoms with E-state index in [2.05, 4.69) is 0 Å². The summed E-state index contributed by atoms with van der Waals surface area (Å²) in [6.45, 7) is -0.621. The van der Waals surface area contributed by atoms with Gasteiger partial charge in [0.1, 0.15) is 29.8 Å². The number of fused-ring (bicyclic) bond motifs is 2. The molecule has 0 aromatic heterocycles. The Labute approximate surface area is 152 Å². The molecule has 4 bridgehead atoms. The molecule has 4 aliphatic heterocycles. The van der Waals surface area contributed by atoms with E-state index >= 15 is 0 Å². The maximum Gasteiger partial charge on any atom is 0.226 e. The quantitative estimate of drug-likeness (QED) is 0.208. The van der Waals surface area contributed by atoms with Gasteiger partial charge in [-0.15, -0.1) is 11.6 Å². The van der Waals surface area contributed by atoms with Gasteiger partial charge < -0.3 is 44.8 Å². The second-order valence-electron chi connectivity index (χ2n) is 7.02. The standard InChI is InChI=1S/C14H21ClO11/c15-11-7(17)3-1-5-23-12(6(3)14(11,21)26-25-5)24-13-10(20)9(19)8(18)4(2-16)22-13/h3-13,16-21H,1-2H2/t3-,4-,5+,6-,7+,8-,9+,10-,11-,12+,13+,14+/m1/s1. The number of rotatable bonds is 3. The molecule has 1 aliphatic carbocycles. The summed E-state index contributed by atoms with van der Waals surface area (Å²) in [6.07, 6.45) is -10.6. The molecule has 0 aromatic rings. The van der Waals surface area contributed by atoms with Gasteiger partial charge in [-0.3, -0.25) is 0 Å². The Bertz CT molecular complexity index is 537. The second-order valence-corrected chi connectivity index (χ2v) is 7.49. The van der Waals surface area contributed by atoms with Gasteiger partial charge in [0.2, 0.25) is 5.79 Å². The lowest BCUT2D eigenvalue weighted by Crippen LogP contribution is -2.61. The van der Waals surface area contributed by atoms with Crippen LogP contribution in [-0.4, -0.2) is 97.8 Å². The highest BCUT2D eigenvalue weighted by Crippen LogP contribution is 2.54. The van der Waals surface area contributed by atoms with Crippen LogP contribution >= 0.6 is 11.6 Å². The highest BCUT2D eigenvalue weighted by Gasteiger charge is 2.69. The van der Waals surface area contributed by atoms with Crippen LogP contribution in [-0.2, 0) is 24.0 Å². The molecule has 12 heteroatoms. The van der Waals surface area contributed by atoms with Crippen LogP contribution in [0.5, 0.6) is 0 Å². The Morgan fingerprint density at radius 3 is 2.42 bits per heavy atom. The summed E-state index contributed by atoms with van der Waals surface area (Å²) in [5.41, 5.74) is 0. The summed E-state index contributed by atoms with van der Waals surface area (Å²) in [4.78, 5) is 10.00. The van der Waals surface area contributed by atoms with Gasteiger partial charge in [0.15, 0.2) is 18.9 Å². The van der Waals surface area contributed by atoms with Gasteiger partial charge in [-0.25, -0.2) is 4.89 Å². The molecule has 150 valence electrons. The van der Waals surface area contributed by atoms with E-state index in [1.807, 2.05) is 0 Å². The zero-order valence-electron chi connectivity index (χ0n) is 13.4. The first-order valence-corrected chi connectivity index (χ1v) is 8.72. The molecule has 4 saturated heterocycles. The molecule has 5 rings (SSSR count). The van der Waals surface area contributed by atoms with Gasteiger partial charge in [-0.05, 0) is 0 Å². The smallest absolute Gasteiger partial charge is 0.226 e. The molecule has 12 atom stereocenters. The van der Waals surface area contributed by atoms with Crippen LogP contribution in [0.2, 0.25) is 0 Å². The number of aliphatic hydroxyl groups is 6. The molecule has 0 amide bonds. The fourth-order valence-electron chi connectivity index (χ4n) is 4.08. The summed E-state index contributed by atoms with van der Waals surface area (Å²) < 4.78 is 16.4.